The number of hydrogen-bond donors (Lipinski definition) is 0. The van der Waals surface area contributed by atoms with E-state index in [0.29, 0.717) is 6.42 Å². The number of hydrogen-bond acceptors (Lipinski definition) is 1. The summed E-state index contributed by atoms with van der Waals surface area (Å²) in [7, 11) is 0. The molecule has 2 rings (SSSR count). The Morgan fingerprint density at radius 1 is 0.944 bits per heavy atom. The zero-order chi connectivity index (χ0) is 13.0. The molecule has 92 valence electrons. The quantitative estimate of drug-likeness (QED) is 0.718. The second kappa shape index (κ2) is 5.96. The van der Waals surface area contributed by atoms with Crippen LogP contribution in [-0.2, 0) is 0 Å². The minimum Gasteiger partial charge on any atom is -0.294 e. The highest BCUT2D eigenvalue weighted by atomic mass is 79.9. The molecule has 0 saturated heterocycles. The Morgan fingerprint density at radius 2 is 1.44 bits per heavy atom. The third-order valence-corrected chi connectivity index (χ3v) is 3.39. The third-order valence-electron chi connectivity index (χ3n) is 2.86. The van der Waals surface area contributed by atoms with Gasteiger partial charge >= 0.3 is 0 Å². The van der Waals surface area contributed by atoms with Crippen molar-refractivity contribution in [2.75, 3.05) is 0 Å². The Morgan fingerprint density at radius 3 is 1.94 bits per heavy atom. The summed E-state index contributed by atoms with van der Waals surface area (Å²) in [6, 6.07) is 16.0. The highest BCUT2D eigenvalue weighted by Crippen LogP contribution is 2.22. The minimum absolute atomic E-state index is 0.222. The van der Waals surface area contributed by atoms with Crippen LogP contribution in [-0.4, -0.2) is 5.78 Å². The van der Waals surface area contributed by atoms with Crippen molar-refractivity contribution >= 4 is 21.7 Å². The first-order valence-electron chi connectivity index (χ1n) is 6.10. The van der Waals surface area contributed by atoms with Gasteiger partial charge in [0.15, 0.2) is 5.78 Å². The molecule has 0 fully saturated rings. The van der Waals surface area contributed by atoms with E-state index in [-0.39, 0.29) is 5.78 Å². The lowest BCUT2D eigenvalue weighted by Crippen LogP contribution is -1.97. The molecular formula is C16H15BrO. The number of ketones is 1. The topological polar surface area (TPSA) is 17.1 Å². The zero-order valence-corrected chi connectivity index (χ0v) is 11.9. The van der Waals surface area contributed by atoms with Crippen LogP contribution in [0.15, 0.2) is 53.0 Å². The first-order chi connectivity index (χ1) is 8.70. The maximum atomic E-state index is 11.7. The van der Waals surface area contributed by atoms with Gasteiger partial charge in [-0.15, -0.1) is 0 Å². The van der Waals surface area contributed by atoms with Crippen LogP contribution in [0.25, 0.3) is 11.1 Å². The van der Waals surface area contributed by atoms with Crippen LogP contribution in [0.4, 0.5) is 0 Å². The highest BCUT2D eigenvalue weighted by Gasteiger charge is 2.04. The molecule has 2 aromatic rings. The largest absolute Gasteiger partial charge is 0.294 e. The maximum Gasteiger partial charge on any atom is 0.162 e. The molecule has 0 aromatic heterocycles. The molecule has 0 amide bonds. The van der Waals surface area contributed by atoms with Gasteiger partial charge < -0.3 is 0 Å². The minimum atomic E-state index is 0.222. The van der Waals surface area contributed by atoms with Crippen molar-refractivity contribution < 1.29 is 4.79 Å². The fourth-order valence-electron chi connectivity index (χ4n) is 1.86. The van der Waals surface area contributed by atoms with E-state index in [2.05, 4.69) is 28.1 Å². The molecule has 0 saturated carbocycles. The predicted octanol–water partition coefficient (Wildman–Crippen LogP) is 5.10. The summed E-state index contributed by atoms with van der Waals surface area (Å²) in [4.78, 5) is 11.7. The average Bonchev–Trinajstić information content (AvgIpc) is 2.40. The van der Waals surface area contributed by atoms with Crippen LogP contribution in [0.1, 0.15) is 30.1 Å². The lowest BCUT2D eigenvalue weighted by molar-refractivity contribution is 0.0982. The monoisotopic (exact) mass is 302 g/mol. The fraction of sp³-hybridized carbons (Fsp3) is 0.188. The number of carbonyl (C=O) groups is 1. The molecule has 0 aliphatic carbocycles. The summed E-state index contributed by atoms with van der Waals surface area (Å²) in [5.74, 6) is 0.222. The molecule has 2 heteroatoms. The number of halogens is 1. The third kappa shape index (κ3) is 3.08. The van der Waals surface area contributed by atoms with Gasteiger partial charge in [-0.05, 0) is 29.7 Å². The van der Waals surface area contributed by atoms with E-state index in [1.807, 2.05) is 43.3 Å². The smallest absolute Gasteiger partial charge is 0.162 e. The molecule has 0 N–H and O–H groups in total. The van der Waals surface area contributed by atoms with Gasteiger partial charge in [0.1, 0.15) is 0 Å². The van der Waals surface area contributed by atoms with Gasteiger partial charge in [0.05, 0.1) is 0 Å². The van der Waals surface area contributed by atoms with E-state index in [9.17, 15) is 4.79 Å². The molecule has 1 nitrogen and oxygen atoms in total. The van der Waals surface area contributed by atoms with Crippen LogP contribution >= 0.6 is 15.9 Å². The molecule has 0 unspecified atom stereocenters. The van der Waals surface area contributed by atoms with E-state index in [0.717, 1.165) is 27.6 Å². The van der Waals surface area contributed by atoms with Crippen molar-refractivity contribution in [2.24, 2.45) is 0 Å². The number of Topliss-reactive ketones (excluding diaryl/α,β-unsaturated/α-hetero) is 1. The Bertz CT molecular complexity index is 526. The Balaban J connectivity index is 2.22. The number of carbonyl (C=O) groups excluding carboxylic acids is 1. The van der Waals surface area contributed by atoms with Crippen molar-refractivity contribution in [3.05, 3.63) is 58.6 Å². The van der Waals surface area contributed by atoms with Gasteiger partial charge in [-0.1, -0.05) is 59.3 Å². The van der Waals surface area contributed by atoms with Crippen LogP contribution < -0.4 is 0 Å². The zero-order valence-electron chi connectivity index (χ0n) is 10.3. The van der Waals surface area contributed by atoms with E-state index in [1.165, 1.54) is 0 Å². The van der Waals surface area contributed by atoms with Gasteiger partial charge in [-0.2, -0.15) is 0 Å². The molecule has 0 heterocycles. The first-order valence-corrected chi connectivity index (χ1v) is 6.89. The van der Waals surface area contributed by atoms with Crippen LogP contribution in [0.2, 0.25) is 0 Å². The van der Waals surface area contributed by atoms with Gasteiger partial charge in [-0.3, -0.25) is 4.79 Å². The normalized spacial score (nSPS) is 10.3. The number of rotatable bonds is 4. The molecule has 0 radical (unpaired) electrons. The molecule has 0 atom stereocenters. The summed E-state index contributed by atoms with van der Waals surface area (Å²) in [6.07, 6.45) is 1.52. The summed E-state index contributed by atoms with van der Waals surface area (Å²) < 4.78 is 1.07. The van der Waals surface area contributed by atoms with E-state index < -0.39 is 0 Å². The lowest BCUT2D eigenvalue weighted by atomic mass is 10.0. The molecule has 0 bridgehead atoms. The summed E-state index contributed by atoms with van der Waals surface area (Å²) >= 11 is 3.42. The standard InChI is InChI=1S/C16H15BrO/c1-2-3-16(18)14-6-4-12(5-7-14)13-8-10-15(17)11-9-13/h4-11H,2-3H2,1H3. The Hall–Kier alpha value is -1.41. The lowest BCUT2D eigenvalue weighted by Gasteiger charge is -2.04. The van der Waals surface area contributed by atoms with Crippen LogP contribution in [0.3, 0.4) is 0 Å². The summed E-state index contributed by atoms with van der Waals surface area (Å²) in [6.45, 7) is 2.02. The second-order valence-electron chi connectivity index (χ2n) is 4.26. The van der Waals surface area contributed by atoms with Crippen molar-refractivity contribution in [1.29, 1.82) is 0 Å². The SMILES string of the molecule is CCCC(=O)c1ccc(-c2ccc(Br)cc2)cc1. The molecule has 0 aliphatic heterocycles. The van der Waals surface area contributed by atoms with Crippen molar-refractivity contribution in [3.8, 4) is 11.1 Å². The van der Waals surface area contributed by atoms with Gasteiger partial charge in [-0.25, -0.2) is 0 Å². The van der Waals surface area contributed by atoms with Crippen LogP contribution in [0.5, 0.6) is 0 Å². The highest BCUT2D eigenvalue weighted by molar-refractivity contribution is 9.10. The van der Waals surface area contributed by atoms with Crippen LogP contribution in [0, 0.1) is 0 Å². The molecular weight excluding hydrogens is 288 g/mol. The summed E-state index contributed by atoms with van der Waals surface area (Å²) in [5, 5.41) is 0. The number of benzene rings is 2. The first kappa shape index (κ1) is 13.0. The van der Waals surface area contributed by atoms with Gasteiger partial charge in [0.2, 0.25) is 0 Å². The molecule has 2 aromatic carbocycles. The fourth-order valence-corrected chi connectivity index (χ4v) is 2.13. The van der Waals surface area contributed by atoms with Crippen molar-refractivity contribution in [1.82, 2.24) is 0 Å². The van der Waals surface area contributed by atoms with Gasteiger partial charge in [0, 0.05) is 16.5 Å². The average molecular weight is 303 g/mol. The van der Waals surface area contributed by atoms with Gasteiger partial charge in [0.25, 0.3) is 0 Å². The van der Waals surface area contributed by atoms with Crippen molar-refractivity contribution in [3.63, 3.8) is 0 Å². The molecule has 0 aliphatic rings. The Kier molecular flexibility index (Phi) is 4.32. The molecule has 18 heavy (non-hydrogen) atoms. The van der Waals surface area contributed by atoms with E-state index in [4.69, 9.17) is 0 Å². The second-order valence-corrected chi connectivity index (χ2v) is 5.17. The maximum absolute atomic E-state index is 11.7. The van der Waals surface area contributed by atoms with E-state index >= 15 is 0 Å². The van der Waals surface area contributed by atoms with E-state index in [1.54, 1.807) is 0 Å². The molecule has 0 spiro atoms. The Labute approximate surface area is 116 Å². The van der Waals surface area contributed by atoms with Crippen molar-refractivity contribution in [2.45, 2.75) is 19.8 Å². The summed E-state index contributed by atoms with van der Waals surface area (Å²) in [5.41, 5.74) is 3.10. The predicted molar refractivity (Wildman–Crippen MR) is 78.8 cm³/mol.